The number of aryl methyl sites for hydroxylation is 1. The molecule has 1 amide bonds. The van der Waals surface area contributed by atoms with E-state index in [0.717, 1.165) is 16.9 Å². The molecule has 0 radical (unpaired) electrons. The van der Waals surface area contributed by atoms with Crippen LogP contribution in [0.15, 0.2) is 71.5 Å². The number of rotatable bonds is 6. The molecule has 1 atom stereocenters. The lowest BCUT2D eigenvalue weighted by Gasteiger charge is -2.40. The Morgan fingerprint density at radius 2 is 1.88 bits per heavy atom. The lowest BCUT2D eigenvalue weighted by Crippen LogP contribution is -2.55. The van der Waals surface area contributed by atoms with Crippen LogP contribution in [0.5, 0.6) is 0 Å². The number of nitrogens with zero attached hydrogens (tertiary/aromatic N) is 6. The average molecular weight is 550 g/mol. The standard InChI is InChI=1S/C31H28FN7O2/c1-37-28-9-5-4-8-26(28)34-29(37)19-38-14-15-39(21(18-38)12-13-33)31(41)24-16-20(10-11-25(24)32)17-27-22-6-2-3-7-23(22)30(40)36-35-27/h2-11,16,21H,12,14-15,17-19H2,1H3,(H,36,40)/t21-/m1/s1. The van der Waals surface area contributed by atoms with E-state index >= 15 is 4.39 Å². The minimum atomic E-state index is -0.615. The van der Waals surface area contributed by atoms with Crippen molar-refractivity contribution in [1.82, 2.24) is 29.5 Å². The molecule has 3 heterocycles. The van der Waals surface area contributed by atoms with Crippen LogP contribution in [0.1, 0.15) is 33.9 Å². The molecule has 0 saturated carbocycles. The van der Waals surface area contributed by atoms with E-state index in [1.54, 1.807) is 29.2 Å². The molecule has 2 aromatic heterocycles. The largest absolute Gasteiger partial charge is 0.332 e. The molecule has 1 aliphatic rings. The second-order valence-electron chi connectivity index (χ2n) is 10.4. The smallest absolute Gasteiger partial charge is 0.272 e. The third-order valence-corrected chi connectivity index (χ3v) is 7.81. The number of benzene rings is 3. The number of fused-ring (bicyclic) bond motifs is 2. The maximum Gasteiger partial charge on any atom is 0.272 e. The topological polar surface area (TPSA) is 111 Å². The van der Waals surface area contributed by atoms with Gasteiger partial charge in [-0.1, -0.05) is 36.4 Å². The molecule has 1 fully saturated rings. The molecule has 41 heavy (non-hydrogen) atoms. The first-order valence-corrected chi connectivity index (χ1v) is 13.5. The van der Waals surface area contributed by atoms with Crippen molar-refractivity contribution in [3.05, 3.63) is 106 Å². The van der Waals surface area contributed by atoms with Gasteiger partial charge in [0.2, 0.25) is 0 Å². The number of H-pyrrole nitrogens is 1. The van der Waals surface area contributed by atoms with Gasteiger partial charge in [0.1, 0.15) is 11.6 Å². The Morgan fingerprint density at radius 3 is 2.68 bits per heavy atom. The molecule has 1 aliphatic heterocycles. The van der Waals surface area contributed by atoms with Crippen molar-refractivity contribution in [2.75, 3.05) is 19.6 Å². The Labute approximate surface area is 235 Å². The summed E-state index contributed by atoms with van der Waals surface area (Å²) in [4.78, 5) is 34.4. The van der Waals surface area contributed by atoms with Gasteiger partial charge in [0.15, 0.2) is 0 Å². The second kappa shape index (κ2) is 10.9. The zero-order chi connectivity index (χ0) is 28.5. The Morgan fingerprint density at radius 1 is 1.10 bits per heavy atom. The number of amides is 1. The van der Waals surface area contributed by atoms with E-state index < -0.39 is 11.7 Å². The molecule has 0 spiro atoms. The second-order valence-corrected chi connectivity index (χ2v) is 10.4. The molecule has 5 aromatic rings. The third kappa shape index (κ3) is 5.08. The van der Waals surface area contributed by atoms with Crippen LogP contribution in [0.2, 0.25) is 0 Å². The van der Waals surface area contributed by atoms with Crippen LogP contribution in [0.25, 0.3) is 21.8 Å². The summed E-state index contributed by atoms with van der Waals surface area (Å²) >= 11 is 0. The molecule has 1 saturated heterocycles. The van der Waals surface area contributed by atoms with E-state index in [1.807, 2.05) is 43.4 Å². The Hall–Kier alpha value is -4.88. The van der Waals surface area contributed by atoms with Crippen molar-refractivity contribution in [3.8, 4) is 6.07 Å². The summed E-state index contributed by atoms with van der Waals surface area (Å²) in [5.74, 6) is -0.147. The summed E-state index contributed by atoms with van der Waals surface area (Å²) in [5.41, 5.74) is 2.97. The maximum absolute atomic E-state index is 15.0. The fourth-order valence-corrected chi connectivity index (χ4v) is 5.65. The molecule has 1 N–H and O–H groups in total. The van der Waals surface area contributed by atoms with E-state index in [4.69, 9.17) is 4.98 Å². The predicted octanol–water partition coefficient (Wildman–Crippen LogP) is 3.78. The van der Waals surface area contributed by atoms with E-state index in [2.05, 4.69) is 25.7 Å². The highest BCUT2D eigenvalue weighted by Crippen LogP contribution is 2.23. The maximum atomic E-state index is 15.0. The number of imidazole rings is 1. The first-order chi connectivity index (χ1) is 19.9. The van der Waals surface area contributed by atoms with Gasteiger partial charge in [0.05, 0.1) is 52.8 Å². The van der Waals surface area contributed by atoms with Crippen molar-refractivity contribution < 1.29 is 9.18 Å². The Balaban J connectivity index is 1.22. The highest BCUT2D eigenvalue weighted by molar-refractivity contribution is 5.95. The van der Waals surface area contributed by atoms with E-state index in [1.165, 1.54) is 6.07 Å². The number of hydrogen-bond acceptors (Lipinski definition) is 6. The summed E-state index contributed by atoms with van der Waals surface area (Å²) < 4.78 is 17.1. The van der Waals surface area contributed by atoms with Gasteiger partial charge in [-0.15, -0.1) is 0 Å². The first-order valence-electron chi connectivity index (χ1n) is 13.5. The van der Waals surface area contributed by atoms with Gasteiger partial charge in [-0.3, -0.25) is 14.5 Å². The molecule has 0 aliphatic carbocycles. The predicted molar refractivity (Wildman–Crippen MR) is 153 cm³/mol. The minimum Gasteiger partial charge on any atom is -0.332 e. The SMILES string of the molecule is Cn1c(CN2CCN(C(=O)c3cc(Cc4n[nH]c(=O)c5ccccc45)ccc3F)[C@H](CC#N)C2)nc2ccccc21. The van der Waals surface area contributed by atoms with Gasteiger partial charge < -0.3 is 9.47 Å². The molecule has 0 unspecified atom stereocenters. The molecule has 0 bridgehead atoms. The Bertz CT molecular complexity index is 1870. The van der Waals surface area contributed by atoms with E-state index in [0.29, 0.717) is 54.6 Å². The van der Waals surface area contributed by atoms with Crippen LogP contribution in [0.4, 0.5) is 4.39 Å². The summed E-state index contributed by atoms with van der Waals surface area (Å²) in [7, 11) is 1.98. The number of para-hydroxylation sites is 2. The number of aromatic nitrogens is 4. The fourth-order valence-electron chi connectivity index (χ4n) is 5.65. The molecular weight excluding hydrogens is 521 g/mol. The number of carbonyl (C=O) groups is 1. The van der Waals surface area contributed by atoms with Gasteiger partial charge in [-0.05, 0) is 35.9 Å². The summed E-state index contributed by atoms with van der Waals surface area (Å²) in [6.45, 7) is 2.01. The third-order valence-electron chi connectivity index (χ3n) is 7.81. The minimum absolute atomic E-state index is 0.0389. The van der Waals surface area contributed by atoms with Crippen LogP contribution >= 0.6 is 0 Å². The summed E-state index contributed by atoms with van der Waals surface area (Å²) in [5, 5.41) is 17.5. The molecular formula is C31H28FN7O2. The van der Waals surface area contributed by atoms with Crippen molar-refractivity contribution in [1.29, 1.82) is 5.26 Å². The molecule has 3 aromatic carbocycles. The van der Waals surface area contributed by atoms with Crippen LogP contribution in [0.3, 0.4) is 0 Å². The van der Waals surface area contributed by atoms with Crippen LogP contribution < -0.4 is 5.56 Å². The lowest BCUT2D eigenvalue weighted by molar-refractivity contribution is 0.0437. The zero-order valence-corrected chi connectivity index (χ0v) is 22.5. The lowest BCUT2D eigenvalue weighted by atomic mass is 10.0. The number of piperazine rings is 1. The first kappa shape index (κ1) is 26.3. The number of halogens is 1. The van der Waals surface area contributed by atoms with Gasteiger partial charge in [0, 0.05) is 38.5 Å². The normalized spacial score (nSPS) is 15.8. The highest BCUT2D eigenvalue weighted by atomic mass is 19.1. The fraction of sp³-hybridized carbons (Fsp3) is 0.258. The monoisotopic (exact) mass is 549 g/mol. The van der Waals surface area contributed by atoms with Gasteiger partial charge in [0.25, 0.3) is 11.5 Å². The van der Waals surface area contributed by atoms with Crippen molar-refractivity contribution in [2.24, 2.45) is 7.05 Å². The van der Waals surface area contributed by atoms with Crippen molar-refractivity contribution in [3.63, 3.8) is 0 Å². The number of carbonyl (C=O) groups excluding carboxylic acids is 1. The van der Waals surface area contributed by atoms with Crippen molar-refractivity contribution >= 4 is 27.7 Å². The van der Waals surface area contributed by atoms with Crippen molar-refractivity contribution in [2.45, 2.75) is 25.4 Å². The van der Waals surface area contributed by atoms with Gasteiger partial charge in [-0.2, -0.15) is 10.4 Å². The number of hydrogen-bond donors (Lipinski definition) is 1. The molecule has 10 heteroatoms. The van der Waals surface area contributed by atoms with Crippen LogP contribution in [-0.2, 0) is 20.0 Å². The number of aromatic amines is 1. The average Bonchev–Trinajstić information content (AvgIpc) is 3.30. The zero-order valence-electron chi connectivity index (χ0n) is 22.5. The highest BCUT2D eigenvalue weighted by Gasteiger charge is 2.32. The van der Waals surface area contributed by atoms with Crippen LogP contribution in [0, 0.1) is 17.1 Å². The van der Waals surface area contributed by atoms with Gasteiger partial charge in [-0.25, -0.2) is 14.5 Å². The number of nitriles is 1. The number of nitrogens with one attached hydrogen (secondary N) is 1. The molecule has 9 nitrogen and oxygen atoms in total. The summed E-state index contributed by atoms with van der Waals surface area (Å²) in [6, 6.07) is 21.4. The van der Waals surface area contributed by atoms with E-state index in [-0.39, 0.29) is 23.6 Å². The van der Waals surface area contributed by atoms with Crippen LogP contribution in [-0.4, -0.2) is 61.1 Å². The van der Waals surface area contributed by atoms with E-state index in [9.17, 15) is 14.9 Å². The van der Waals surface area contributed by atoms with Gasteiger partial charge >= 0.3 is 0 Å². The quantitative estimate of drug-likeness (QED) is 0.345. The molecule has 6 rings (SSSR count). The molecule has 206 valence electrons. The Kier molecular flexibility index (Phi) is 7.03. The summed E-state index contributed by atoms with van der Waals surface area (Å²) in [6.07, 6.45) is 0.449.